The highest BCUT2D eigenvalue weighted by atomic mass is 19.2. The van der Waals surface area contributed by atoms with Crippen LogP contribution in [0.4, 0.5) is 70.2 Å². The Morgan fingerprint density at radius 1 is 0.347 bits per heavy atom. The monoisotopic (exact) mass is 706 g/mol. The van der Waals surface area contributed by atoms with Crippen LogP contribution in [0.25, 0.3) is 32.7 Å². The molecular formula is C32H7BF16. The van der Waals surface area contributed by atoms with Gasteiger partial charge in [0.05, 0.1) is 10.9 Å². The molecule has 6 aromatic rings. The molecule has 0 spiro atoms. The van der Waals surface area contributed by atoms with Crippen LogP contribution in [0.15, 0.2) is 42.5 Å². The summed E-state index contributed by atoms with van der Waals surface area (Å²) in [7, 11) is 0. The predicted octanol–water partition coefficient (Wildman–Crippen LogP) is 8.40. The summed E-state index contributed by atoms with van der Waals surface area (Å²) >= 11 is 0. The maximum Gasteiger partial charge on any atom is 0.247 e. The lowest BCUT2D eigenvalue weighted by atomic mass is 9.34. The molecule has 6 rings (SSSR count). The molecule has 0 amide bonds. The Labute approximate surface area is 261 Å². The van der Waals surface area contributed by atoms with E-state index in [-0.39, 0.29) is 6.07 Å². The quantitative estimate of drug-likeness (QED) is 0.0749. The lowest BCUT2D eigenvalue weighted by Crippen LogP contribution is -2.55. The van der Waals surface area contributed by atoms with E-state index in [4.69, 9.17) is 0 Å². The van der Waals surface area contributed by atoms with Crippen molar-refractivity contribution in [2.24, 2.45) is 0 Å². The number of halogens is 16. The zero-order valence-corrected chi connectivity index (χ0v) is 23.2. The Morgan fingerprint density at radius 2 is 0.857 bits per heavy atom. The highest BCUT2D eigenvalue weighted by Gasteiger charge is 2.41. The van der Waals surface area contributed by atoms with Crippen LogP contribution in [0.2, 0.25) is 0 Å². The third kappa shape index (κ3) is 4.80. The molecule has 250 valence electrons. The second-order valence-corrected chi connectivity index (χ2v) is 10.4. The molecule has 0 bridgehead atoms. The van der Waals surface area contributed by atoms with E-state index >= 15 is 26.3 Å². The van der Waals surface area contributed by atoms with E-state index in [0.29, 0.717) is 36.4 Å². The van der Waals surface area contributed by atoms with Gasteiger partial charge >= 0.3 is 0 Å². The number of rotatable bonds is 4. The SMILES string of the molecule is Fc1cc(F)c2c(F)ccc(B(c3c(F)c(F)c(F)c(F)c3-c3c(F)c(F)c(F)c(F)c3F)c3cccc4c(F)c(F)c(F)c(F)c34)c2c1. The second kappa shape index (κ2) is 11.7. The van der Waals surface area contributed by atoms with Gasteiger partial charge in [0.15, 0.2) is 69.8 Å². The van der Waals surface area contributed by atoms with Crippen LogP contribution >= 0.6 is 0 Å². The van der Waals surface area contributed by atoms with Crippen molar-refractivity contribution in [3.63, 3.8) is 0 Å². The minimum Gasteiger partial charge on any atom is -0.207 e. The maximum absolute atomic E-state index is 16.1. The highest BCUT2D eigenvalue weighted by Crippen LogP contribution is 2.36. The third-order valence-electron chi connectivity index (χ3n) is 7.82. The summed E-state index contributed by atoms with van der Waals surface area (Å²) in [6.45, 7) is -2.86. The van der Waals surface area contributed by atoms with Crippen molar-refractivity contribution >= 4 is 44.6 Å². The van der Waals surface area contributed by atoms with E-state index in [1.807, 2.05) is 0 Å². The fourth-order valence-electron chi connectivity index (χ4n) is 5.76. The molecule has 0 aromatic heterocycles. The van der Waals surface area contributed by atoms with Gasteiger partial charge < -0.3 is 0 Å². The number of fused-ring (bicyclic) bond motifs is 2. The van der Waals surface area contributed by atoms with Gasteiger partial charge in [0.2, 0.25) is 12.5 Å². The molecule has 6 aromatic carbocycles. The van der Waals surface area contributed by atoms with E-state index in [9.17, 15) is 43.9 Å². The van der Waals surface area contributed by atoms with Gasteiger partial charge in [-0.3, -0.25) is 0 Å². The summed E-state index contributed by atoms with van der Waals surface area (Å²) in [5, 5.41) is -4.85. The summed E-state index contributed by atoms with van der Waals surface area (Å²) in [5.74, 6) is -39.8. The van der Waals surface area contributed by atoms with Gasteiger partial charge in [0.1, 0.15) is 17.5 Å². The zero-order valence-electron chi connectivity index (χ0n) is 23.2. The molecule has 0 aliphatic rings. The van der Waals surface area contributed by atoms with Gasteiger partial charge in [-0.2, -0.15) is 0 Å². The lowest BCUT2D eigenvalue weighted by Gasteiger charge is -2.25. The first-order valence-electron chi connectivity index (χ1n) is 13.2. The van der Waals surface area contributed by atoms with Crippen LogP contribution in [0.3, 0.4) is 0 Å². The van der Waals surface area contributed by atoms with Crippen molar-refractivity contribution < 1.29 is 70.2 Å². The van der Waals surface area contributed by atoms with Crippen molar-refractivity contribution in [1.29, 1.82) is 0 Å². The van der Waals surface area contributed by atoms with Crippen LogP contribution in [-0.4, -0.2) is 6.71 Å². The second-order valence-electron chi connectivity index (χ2n) is 10.4. The smallest absolute Gasteiger partial charge is 0.207 e. The number of hydrogen-bond acceptors (Lipinski definition) is 0. The van der Waals surface area contributed by atoms with Crippen molar-refractivity contribution in [1.82, 2.24) is 0 Å². The third-order valence-corrected chi connectivity index (χ3v) is 7.82. The minimum absolute atomic E-state index is 0.118. The first kappa shape index (κ1) is 33.7. The fraction of sp³-hybridized carbons (Fsp3) is 0. The van der Waals surface area contributed by atoms with Crippen LogP contribution in [0, 0.1) is 93.1 Å². The Kier molecular flexibility index (Phi) is 8.07. The average Bonchev–Trinajstić information content (AvgIpc) is 3.07. The molecule has 0 heterocycles. The summed E-state index contributed by atoms with van der Waals surface area (Å²) in [4.78, 5) is 0. The maximum atomic E-state index is 16.1. The number of hydrogen-bond donors (Lipinski definition) is 0. The van der Waals surface area contributed by atoms with Gasteiger partial charge in [-0.25, -0.2) is 70.2 Å². The standard InChI is InChI=1S/C32H7BF16/c34-8-6-10-11(4-5-13(35)16(10)14(36)7-8)33(12-3-1-2-9-15(12)21(38)27(44)26(43)20(9)37)19-17(22(39)28(45)31(48)25(19)42)18-23(40)29(46)32(49)30(47)24(18)41/h1-7H. The minimum atomic E-state index is -2.90. The topological polar surface area (TPSA) is 0 Å². The van der Waals surface area contributed by atoms with E-state index in [0.717, 1.165) is 0 Å². The summed E-state index contributed by atoms with van der Waals surface area (Å²) in [5.41, 5.74) is -8.95. The van der Waals surface area contributed by atoms with E-state index < -0.39 is 149 Å². The Bertz CT molecular complexity index is 2390. The first-order chi connectivity index (χ1) is 23.0. The van der Waals surface area contributed by atoms with E-state index in [1.165, 1.54) is 0 Å². The molecule has 0 aliphatic heterocycles. The summed E-state index contributed by atoms with van der Waals surface area (Å²) in [6, 6.07) is 3.09. The van der Waals surface area contributed by atoms with Crippen LogP contribution in [0.1, 0.15) is 0 Å². The largest absolute Gasteiger partial charge is 0.247 e. The van der Waals surface area contributed by atoms with E-state index in [1.54, 1.807) is 0 Å². The molecule has 0 saturated heterocycles. The number of benzene rings is 6. The molecule has 0 radical (unpaired) electrons. The lowest BCUT2D eigenvalue weighted by molar-refractivity contribution is 0.379. The van der Waals surface area contributed by atoms with Crippen LogP contribution < -0.4 is 16.4 Å². The molecule has 49 heavy (non-hydrogen) atoms. The van der Waals surface area contributed by atoms with Crippen molar-refractivity contribution in [2.45, 2.75) is 0 Å². The van der Waals surface area contributed by atoms with Gasteiger partial charge in [-0.15, -0.1) is 0 Å². The fourth-order valence-corrected chi connectivity index (χ4v) is 5.76. The molecule has 0 saturated carbocycles. The normalized spacial score (nSPS) is 11.7. The molecule has 0 aliphatic carbocycles. The van der Waals surface area contributed by atoms with Gasteiger partial charge in [-0.1, -0.05) is 35.2 Å². The molecule has 0 fully saturated rings. The molecule has 0 nitrogen and oxygen atoms in total. The van der Waals surface area contributed by atoms with Crippen LogP contribution in [0.5, 0.6) is 0 Å². The molecule has 0 N–H and O–H groups in total. The zero-order chi connectivity index (χ0) is 36.0. The molecular weight excluding hydrogens is 699 g/mol. The van der Waals surface area contributed by atoms with Crippen molar-refractivity contribution in [3.05, 3.63) is 136 Å². The van der Waals surface area contributed by atoms with Crippen molar-refractivity contribution in [3.8, 4) is 11.1 Å². The molecule has 0 atom stereocenters. The molecule has 0 unspecified atom stereocenters. The van der Waals surface area contributed by atoms with Crippen LogP contribution in [-0.2, 0) is 0 Å². The Hall–Kier alpha value is -5.22. The van der Waals surface area contributed by atoms with Gasteiger partial charge in [0, 0.05) is 22.4 Å². The Balaban J connectivity index is 1.94. The summed E-state index contributed by atoms with van der Waals surface area (Å²) in [6.07, 6.45) is 0. The van der Waals surface area contributed by atoms with Gasteiger partial charge in [-0.05, 0) is 23.0 Å². The summed E-state index contributed by atoms with van der Waals surface area (Å²) < 4.78 is 238. The first-order valence-corrected chi connectivity index (χ1v) is 13.2. The molecule has 17 heteroatoms. The van der Waals surface area contributed by atoms with E-state index in [2.05, 4.69) is 0 Å². The van der Waals surface area contributed by atoms with Gasteiger partial charge in [0.25, 0.3) is 0 Å². The van der Waals surface area contributed by atoms with Crippen molar-refractivity contribution in [2.75, 3.05) is 0 Å². The highest BCUT2D eigenvalue weighted by molar-refractivity contribution is 6.99. The Morgan fingerprint density at radius 3 is 1.47 bits per heavy atom. The predicted molar refractivity (Wildman–Crippen MR) is 144 cm³/mol. The average molecular weight is 706 g/mol.